The number of phenols is 1. The smallest absolute Gasteiger partial charge is 0.211 e. The van der Waals surface area contributed by atoms with Crippen LogP contribution in [0.1, 0.15) is 15.9 Å². The summed E-state index contributed by atoms with van der Waals surface area (Å²) in [4.78, 5) is 12.2. The van der Waals surface area contributed by atoms with Gasteiger partial charge in [0.15, 0.2) is 11.5 Å². The van der Waals surface area contributed by atoms with Crippen LogP contribution in [0.5, 0.6) is 11.5 Å². The maximum atomic E-state index is 12.2. The van der Waals surface area contributed by atoms with Crippen LogP contribution in [0.25, 0.3) is 6.08 Å². The molecule has 2 N–H and O–H groups in total. The van der Waals surface area contributed by atoms with Gasteiger partial charge in [-0.3, -0.25) is 4.79 Å². The number of allylic oxidation sites excluding steroid dienone is 1. The summed E-state index contributed by atoms with van der Waals surface area (Å²) < 4.78 is 5.05. The summed E-state index contributed by atoms with van der Waals surface area (Å²) >= 11 is 0. The highest BCUT2D eigenvalue weighted by Gasteiger charge is 2.23. The van der Waals surface area contributed by atoms with E-state index in [0.717, 1.165) is 11.3 Å². The monoisotopic (exact) mass is 267 g/mol. The van der Waals surface area contributed by atoms with E-state index in [1.54, 1.807) is 24.3 Å². The molecule has 1 aliphatic heterocycles. The highest BCUT2D eigenvalue weighted by molar-refractivity contribution is 6.20. The second kappa shape index (κ2) is 4.74. The first-order valence-corrected chi connectivity index (χ1v) is 6.18. The lowest BCUT2D eigenvalue weighted by Crippen LogP contribution is -1.99. The van der Waals surface area contributed by atoms with Gasteiger partial charge < -0.3 is 15.2 Å². The Labute approximate surface area is 116 Å². The maximum absolute atomic E-state index is 12.2. The fourth-order valence-electron chi connectivity index (χ4n) is 2.19. The molecule has 0 fully saturated rings. The van der Waals surface area contributed by atoms with E-state index < -0.39 is 0 Å². The van der Waals surface area contributed by atoms with Crippen LogP contribution in [0.3, 0.4) is 0 Å². The second-order valence-electron chi connectivity index (χ2n) is 4.49. The van der Waals surface area contributed by atoms with Gasteiger partial charge in [0.05, 0.1) is 12.8 Å². The minimum Gasteiger partial charge on any atom is -0.504 e. The number of Topliss-reactive ketones (excluding diaryl/α,β-unsaturated/α-hetero) is 1. The third kappa shape index (κ3) is 2.01. The van der Waals surface area contributed by atoms with Crippen molar-refractivity contribution in [2.75, 3.05) is 12.4 Å². The molecule has 3 rings (SSSR count). The number of ketones is 1. The molecule has 100 valence electrons. The number of benzene rings is 2. The zero-order valence-electron chi connectivity index (χ0n) is 10.9. The predicted octanol–water partition coefficient (Wildman–Crippen LogP) is 3.05. The van der Waals surface area contributed by atoms with Crippen LogP contribution in [-0.2, 0) is 0 Å². The molecule has 0 unspecified atom stereocenters. The van der Waals surface area contributed by atoms with Crippen LogP contribution >= 0.6 is 0 Å². The molecule has 0 aliphatic carbocycles. The van der Waals surface area contributed by atoms with Crippen LogP contribution in [0.2, 0.25) is 0 Å². The fourth-order valence-corrected chi connectivity index (χ4v) is 2.19. The molecule has 4 nitrogen and oxygen atoms in total. The Balaban J connectivity index is 1.97. The van der Waals surface area contributed by atoms with E-state index >= 15 is 0 Å². The van der Waals surface area contributed by atoms with Gasteiger partial charge in [0.1, 0.15) is 0 Å². The second-order valence-corrected chi connectivity index (χ2v) is 4.49. The van der Waals surface area contributed by atoms with Crippen LogP contribution < -0.4 is 10.1 Å². The summed E-state index contributed by atoms with van der Waals surface area (Å²) in [5.41, 5.74) is 2.78. The number of nitrogens with one attached hydrogen (secondary N) is 1. The standard InChI is InChI=1S/C16H13NO3/c1-20-15-9-10(6-7-14(15)18)8-13-16(19)11-4-2-3-5-12(11)17-13/h2-9,17-18H,1H3/b13-8-. The molecule has 0 radical (unpaired) electrons. The number of methoxy groups -OCH3 is 1. The summed E-state index contributed by atoms with van der Waals surface area (Å²) in [7, 11) is 1.49. The van der Waals surface area contributed by atoms with Gasteiger partial charge >= 0.3 is 0 Å². The lowest BCUT2D eigenvalue weighted by atomic mass is 10.1. The van der Waals surface area contributed by atoms with E-state index in [1.165, 1.54) is 13.2 Å². The Morgan fingerprint density at radius 2 is 2.00 bits per heavy atom. The topological polar surface area (TPSA) is 58.6 Å². The summed E-state index contributed by atoms with van der Waals surface area (Å²) in [5.74, 6) is 0.415. The van der Waals surface area contributed by atoms with Gasteiger partial charge in [-0.25, -0.2) is 0 Å². The largest absolute Gasteiger partial charge is 0.504 e. The zero-order chi connectivity index (χ0) is 14.1. The van der Waals surface area contributed by atoms with E-state index in [-0.39, 0.29) is 11.5 Å². The number of carbonyl (C=O) groups excluding carboxylic acids is 1. The Morgan fingerprint density at radius 3 is 2.75 bits per heavy atom. The first-order chi connectivity index (χ1) is 9.69. The number of para-hydroxylation sites is 1. The Kier molecular flexibility index (Phi) is 2.91. The number of hydrogen-bond donors (Lipinski definition) is 2. The van der Waals surface area contributed by atoms with Crippen molar-refractivity contribution < 1.29 is 14.6 Å². The Morgan fingerprint density at radius 1 is 1.20 bits per heavy atom. The van der Waals surface area contributed by atoms with Crippen LogP contribution in [0, 0.1) is 0 Å². The minimum atomic E-state index is -0.0346. The fraction of sp³-hybridized carbons (Fsp3) is 0.0625. The number of phenolic OH excluding ortho intramolecular Hbond substituents is 1. The SMILES string of the molecule is COc1cc(/C=C2\Nc3ccccc3C2=O)ccc1O. The van der Waals surface area contributed by atoms with Crippen molar-refractivity contribution in [3.63, 3.8) is 0 Å². The van der Waals surface area contributed by atoms with Gasteiger partial charge in [0, 0.05) is 11.3 Å². The van der Waals surface area contributed by atoms with E-state index in [2.05, 4.69) is 5.32 Å². The Bertz CT molecular complexity index is 719. The number of carbonyl (C=O) groups is 1. The van der Waals surface area contributed by atoms with E-state index in [9.17, 15) is 9.90 Å². The molecule has 4 heteroatoms. The van der Waals surface area contributed by atoms with Crippen molar-refractivity contribution >= 4 is 17.5 Å². The average molecular weight is 267 g/mol. The molecule has 1 heterocycles. The molecule has 0 aromatic heterocycles. The first-order valence-electron chi connectivity index (χ1n) is 6.18. The molecule has 20 heavy (non-hydrogen) atoms. The highest BCUT2D eigenvalue weighted by atomic mass is 16.5. The Hall–Kier alpha value is -2.75. The number of aromatic hydroxyl groups is 1. The first kappa shape index (κ1) is 12.3. The summed E-state index contributed by atoms with van der Waals surface area (Å²) in [6.07, 6.45) is 1.74. The van der Waals surface area contributed by atoms with Crippen LogP contribution in [0.4, 0.5) is 5.69 Å². The van der Waals surface area contributed by atoms with Gasteiger partial charge in [0.2, 0.25) is 5.78 Å². The zero-order valence-corrected chi connectivity index (χ0v) is 10.9. The molecule has 0 amide bonds. The van der Waals surface area contributed by atoms with Crippen molar-refractivity contribution in [2.45, 2.75) is 0 Å². The quantitative estimate of drug-likeness (QED) is 0.821. The van der Waals surface area contributed by atoms with Crippen molar-refractivity contribution in [3.8, 4) is 11.5 Å². The predicted molar refractivity (Wildman–Crippen MR) is 77.0 cm³/mol. The van der Waals surface area contributed by atoms with E-state index in [1.807, 2.05) is 18.2 Å². The van der Waals surface area contributed by atoms with Crippen LogP contribution in [-0.4, -0.2) is 18.0 Å². The van der Waals surface area contributed by atoms with E-state index in [0.29, 0.717) is 17.0 Å². The summed E-state index contributed by atoms with van der Waals surface area (Å²) in [5, 5.41) is 12.7. The van der Waals surface area contributed by atoms with Crippen molar-refractivity contribution in [2.24, 2.45) is 0 Å². The number of ether oxygens (including phenoxy) is 1. The molecule has 0 saturated carbocycles. The lowest BCUT2D eigenvalue weighted by molar-refractivity contribution is 0.104. The minimum absolute atomic E-state index is 0.0346. The van der Waals surface area contributed by atoms with Crippen molar-refractivity contribution in [1.29, 1.82) is 0 Å². The summed E-state index contributed by atoms with van der Waals surface area (Å²) in [6, 6.07) is 12.3. The molecular weight excluding hydrogens is 254 g/mol. The normalized spacial score (nSPS) is 15.1. The molecule has 0 bridgehead atoms. The number of fused-ring (bicyclic) bond motifs is 1. The summed E-state index contributed by atoms with van der Waals surface area (Å²) in [6.45, 7) is 0. The third-order valence-electron chi connectivity index (χ3n) is 3.20. The molecule has 1 aliphatic rings. The maximum Gasteiger partial charge on any atom is 0.211 e. The molecular formula is C16H13NO3. The van der Waals surface area contributed by atoms with Gasteiger partial charge in [0.25, 0.3) is 0 Å². The molecule has 0 atom stereocenters. The molecule has 0 spiro atoms. The van der Waals surface area contributed by atoms with Crippen molar-refractivity contribution in [3.05, 3.63) is 59.3 Å². The highest BCUT2D eigenvalue weighted by Crippen LogP contribution is 2.31. The van der Waals surface area contributed by atoms with E-state index in [4.69, 9.17) is 4.74 Å². The van der Waals surface area contributed by atoms with Gasteiger partial charge in [-0.2, -0.15) is 0 Å². The molecule has 2 aromatic carbocycles. The van der Waals surface area contributed by atoms with Gasteiger partial charge in [-0.15, -0.1) is 0 Å². The third-order valence-corrected chi connectivity index (χ3v) is 3.20. The molecule has 0 saturated heterocycles. The molecule has 2 aromatic rings. The average Bonchev–Trinajstić information content (AvgIpc) is 2.78. The van der Waals surface area contributed by atoms with Crippen molar-refractivity contribution in [1.82, 2.24) is 0 Å². The van der Waals surface area contributed by atoms with Crippen LogP contribution in [0.15, 0.2) is 48.2 Å². The lowest BCUT2D eigenvalue weighted by Gasteiger charge is -2.04. The number of hydrogen-bond acceptors (Lipinski definition) is 4. The number of rotatable bonds is 2. The number of anilines is 1. The van der Waals surface area contributed by atoms with Gasteiger partial charge in [-0.1, -0.05) is 18.2 Å². The van der Waals surface area contributed by atoms with Gasteiger partial charge in [-0.05, 0) is 35.9 Å².